The quantitative estimate of drug-likeness (QED) is 0.403. The van der Waals surface area contributed by atoms with Gasteiger partial charge in [0.2, 0.25) is 0 Å². The minimum atomic E-state index is -0.577. The molecule has 168 valence electrons. The van der Waals surface area contributed by atoms with Crippen molar-refractivity contribution in [2.45, 2.75) is 19.0 Å². The molecule has 1 saturated heterocycles. The van der Waals surface area contributed by atoms with Gasteiger partial charge in [0, 0.05) is 37.8 Å². The second-order valence-electron chi connectivity index (χ2n) is 7.43. The van der Waals surface area contributed by atoms with Crippen LogP contribution in [-0.4, -0.2) is 54.4 Å². The summed E-state index contributed by atoms with van der Waals surface area (Å²) in [5.74, 6) is 1.52. The van der Waals surface area contributed by atoms with Gasteiger partial charge in [-0.3, -0.25) is 10.1 Å². The zero-order valence-corrected chi connectivity index (χ0v) is 17.9. The monoisotopic (exact) mass is 441 g/mol. The molecule has 0 aliphatic carbocycles. The van der Waals surface area contributed by atoms with Crippen LogP contribution < -0.4 is 20.3 Å². The first kappa shape index (κ1) is 21.5. The molecule has 3 N–H and O–H groups in total. The summed E-state index contributed by atoms with van der Waals surface area (Å²) in [6, 6.07) is 11.3. The molecule has 1 fully saturated rings. The van der Waals surface area contributed by atoms with E-state index in [1.807, 2.05) is 29.2 Å². The van der Waals surface area contributed by atoms with E-state index >= 15 is 0 Å². The number of H-pyrrole nitrogens is 1. The zero-order chi connectivity index (χ0) is 22.5. The maximum Gasteiger partial charge on any atom is 0.191 e. The van der Waals surface area contributed by atoms with Crippen LogP contribution in [0.3, 0.4) is 0 Å². The van der Waals surface area contributed by atoms with Crippen molar-refractivity contribution in [3.05, 3.63) is 59.9 Å². The van der Waals surface area contributed by atoms with Gasteiger partial charge in [-0.25, -0.2) is 13.8 Å². The molecule has 0 amide bonds. The lowest BCUT2D eigenvalue weighted by molar-refractivity contribution is 0.415. The van der Waals surface area contributed by atoms with Crippen molar-refractivity contribution in [2.75, 3.05) is 32.1 Å². The van der Waals surface area contributed by atoms with Gasteiger partial charge >= 0.3 is 0 Å². The first-order chi connectivity index (χ1) is 15.6. The number of aromatic nitrogens is 3. The maximum absolute atomic E-state index is 14.1. The highest BCUT2D eigenvalue weighted by atomic mass is 19.1. The van der Waals surface area contributed by atoms with Crippen LogP contribution >= 0.6 is 0 Å². The smallest absolute Gasteiger partial charge is 0.191 e. The van der Waals surface area contributed by atoms with E-state index in [1.54, 1.807) is 14.2 Å². The van der Waals surface area contributed by atoms with Crippen molar-refractivity contribution < 1.29 is 13.5 Å². The molecule has 2 heterocycles. The highest BCUT2D eigenvalue weighted by Gasteiger charge is 2.25. The van der Waals surface area contributed by atoms with Gasteiger partial charge in [0.25, 0.3) is 0 Å². The number of hydrogen-bond acceptors (Lipinski definition) is 5. The molecule has 2 aromatic carbocycles. The van der Waals surface area contributed by atoms with Crippen LogP contribution in [0.4, 0.5) is 14.5 Å². The largest absolute Gasteiger partial charge is 0.497 e. The van der Waals surface area contributed by atoms with Gasteiger partial charge in [-0.15, -0.1) is 0 Å². The first-order valence-corrected chi connectivity index (χ1v) is 10.3. The number of aliphatic imine (C=N–C) groups is 1. The Labute approximate surface area is 184 Å². The molecule has 0 spiro atoms. The zero-order valence-electron chi connectivity index (χ0n) is 17.9. The maximum atomic E-state index is 14.1. The van der Waals surface area contributed by atoms with E-state index < -0.39 is 11.6 Å². The van der Waals surface area contributed by atoms with E-state index in [1.165, 1.54) is 12.1 Å². The highest BCUT2D eigenvalue weighted by Crippen LogP contribution is 2.24. The molecule has 1 aromatic heterocycles. The summed E-state index contributed by atoms with van der Waals surface area (Å²) < 4.78 is 32.4. The van der Waals surface area contributed by atoms with Crippen molar-refractivity contribution in [2.24, 2.45) is 4.99 Å². The van der Waals surface area contributed by atoms with Crippen LogP contribution in [0.1, 0.15) is 12.2 Å². The Hall–Kier alpha value is -3.69. The van der Waals surface area contributed by atoms with Crippen LogP contribution in [0.15, 0.2) is 47.5 Å². The number of anilines is 1. The minimum absolute atomic E-state index is 0.0789. The van der Waals surface area contributed by atoms with Crippen molar-refractivity contribution in [1.29, 1.82) is 0 Å². The summed E-state index contributed by atoms with van der Waals surface area (Å²) in [5.41, 5.74) is 1.29. The molecule has 1 atom stereocenters. The van der Waals surface area contributed by atoms with E-state index in [2.05, 4.69) is 30.8 Å². The molecule has 1 aliphatic heterocycles. The first-order valence-electron chi connectivity index (χ1n) is 10.3. The van der Waals surface area contributed by atoms with Gasteiger partial charge in [-0.2, -0.15) is 5.10 Å². The van der Waals surface area contributed by atoms with Gasteiger partial charge in [0.1, 0.15) is 23.2 Å². The average molecular weight is 441 g/mol. The molecular formula is C22H25F2N7O. The lowest BCUT2D eigenvalue weighted by Crippen LogP contribution is -2.44. The third-order valence-corrected chi connectivity index (χ3v) is 5.31. The summed E-state index contributed by atoms with van der Waals surface area (Å²) in [6.07, 6.45) is 0.807. The fraction of sp³-hybridized carbons (Fsp3) is 0.318. The Bertz CT molecular complexity index is 1080. The molecule has 0 bridgehead atoms. The van der Waals surface area contributed by atoms with Crippen molar-refractivity contribution in [3.8, 4) is 17.1 Å². The molecule has 1 unspecified atom stereocenters. The van der Waals surface area contributed by atoms with Gasteiger partial charge in [-0.1, -0.05) is 0 Å². The fourth-order valence-electron chi connectivity index (χ4n) is 3.63. The lowest BCUT2D eigenvalue weighted by Gasteiger charge is -2.20. The molecule has 10 heteroatoms. The Morgan fingerprint density at radius 1 is 1.25 bits per heavy atom. The number of guanidine groups is 1. The van der Waals surface area contributed by atoms with E-state index in [9.17, 15) is 8.78 Å². The van der Waals surface area contributed by atoms with Crippen LogP contribution in [0.5, 0.6) is 5.75 Å². The van der Waals surface area contributed by atoms with E-state index in [4.69, 9.17) is 4.74 Å². The predicted octanol–water partition coefficient (Wildman–Crippen LogP) is 2.70. The number of aromatic amines is 1. The van der Waals surface area contributed by atoms with Crippen molar-refractivity contribution >= 4 is 11.6 Å². The lowest BCUT2D eigenvalue weighted by atomic mass is 10.2. The number of benzene rings is 2. The molecule has 0 saturated carbocycles. The number of nitrogens with zero attached hydrogens (tertiary/aromatic N) is 4. The Morgan fingerprint density at radius 3 is 2.78 bits per heavy atom. The topological polar surface area (TPSA) is 90.5 Å². The summed E-state index contributed by atoms with van der Waals surface area (Å²) >= 11 is 0. The third-order valence-electron chi connectivity index (χ3n) is 5.31. The second-order valence-corrected chi connectivity index (χ2v) is 7.43. The molecule has 32 heavy (non-hydrogen) atoms. The van der Waals surface area contributed by atoms with Crippen LogP contribution in [0, 0.1) is 11.6 Å². The van der Waals surface area contributed by atoms with Gasteiger partial charge < -0.3 is 20.3 Å². The van der Waals surface area contributed by atoms with Gasteiger partial charge in [0.05, 0.1) is 19.3 Å². The number of ether oxygens (including phenoxy) is 1. The predicted molar refractivity (Wildman–Crippen MR) is 119 cm³/mol. The third kappa shape index (κ3) is 4.96. The summed E-state index contributed by atoms with van der Waals surface area (Å²) in [5, 5.41) is 13.7. The fourth-order valence-corrected chi connectivity index (χ4v) is 3.63. The average Bonchev–Trinajstić information content (AvgIpc) is 3.46. The molecule has 0 radical (unpaired) electrons. The molecule has 3 aromatic rings. The Balaban J connectivity index is 1.30. The number of rotatable bonds is 6. The standard InChI is InChI=1S/C22H25F2N7O/c1-25-22(27-16-9-10-31(13-16)19-8-5-15(23)11-18(19)24)26-12-20-28-21(30-29-20)14-3-6-17(32-2)7-4-14/h3-8,11,16H,9-10,12-13H2,1-2H3,(H2,25,26,27)(H,28,29,30). The van der Waals surface area contributed by atoms with E-state index in [0.29, 0.717) is 42.9 Å². The van der Waals surface area contributed by atoms with E-state index in [0.717, 1.165) is 23.8 Å². The van der Waals surface area contributed by atoms with E-state index in [-0.39, 0.29) is 6.04 Å². The Kier molecular flexibility index (Phi) is 6.48. The highest BCUT2D eigenvalue weighted by molar-refractivity contribution is 5.80. The molecule has 4 rings (SSSR count). The summed E-state index contributed by atoms with van der Waals surface area (Å²) in [6.45, 7) is 1.67. The van der Waals surface area contributed by atoms with Crippen LogP contribution in [0.25, 0.3) is 11.4 Å². The number of hydrogen-bond donors (Lipinski definition) is 3. The normalized spacial score (nSPS) is 16.3. The number of halogens is 2. The minimum Gasteiger partial charge on any atom is -0.497 e. The number of methoxy groups -OCH3 is 1. The molecule has 8 nitrogen and oxygen atoms in total. The van der Waals surface area contributed by atoms with Crippen LogP contribution in [-0.2, 0) is 6.54 Å². The van der Waals surface area contributed by atoms with Crippen molar-refractivity contribution in [1.82, 2.24) is 25.8 Å². The molecular weight excluding hydrogens is 416 g/mol. The van der Waals surface area contributed by atoms with Crippen molar-refractivity contribution in [3.63, 3.8) is 0 Å². The Morgan fingerprint density at radius 2 is 2.06 bits per heavy atom. The number of nitrogens with one attached hydrogen (secondary N) is 3. The summed E-state index contributed by atoms with van der Waals surface area (Å²) in [7, 11) is 3.31. The summed E-state index contributed by atoms with van der Waals surface area (Å²) in [4.78, 5) is 10.7. The molecule has 1 aliphatic rings. The van der Waals surface area contributed by atoms with Gasteiger partial charge in [-0.05, 0) is 42.8 Å². The SMILES string of the molecule is CN=C(NCc1nc(-c2ccc(OC)cc2)n[nH]1)NC1CCN(c2ccc(F)cc2F)C1. The van der Waals surface area contributed by atoms with Gasteiger partial charge in [0.15, 0.2) is 11.8 Å². The van der Waals surface area contributed by atoms with Crippen LogP contribution in [0.2, 0.25) is 0 Å². The second kappa shape index (κ2) is 9.63.